The fourth-order valence-electron chi connectivity index (χ4n) is 2.94. The monoisotopic (exact) mass is 500 g/mol. The number of hydrogen-bond acceptors (Lipinski definition) is 9. The number of amides is 1. The minimum absolute atomic E-state index is 0.0245. The standard InChI is InChI=1S/C22H20N4O4S3/c1-3-33(28,29)17-9-7-16(8-10-17)19-12-18(26-30-19)20(27)23-21-24-25-22(32-21)31-13-15-6-4-5-14(2)11-15/h4-12H,3,13H2,1-2H3,(H,23,24,27). The van der Waals surface area contributed by atoms with Gasteiger partial charge in [-0.2, -0.15) is 0 Å². The Balaban J connectivity index is 1.38. The molecule has 0 fully saturated rings. The number of carbonyl (C=O) groups excluding carboxylic acids is 1. The van der Waals surface area contributed by atoms with Crippen molar-refractivity contribution in [1.82, 2.24) is 15.4 Å². The van der Waals surface area contributed by atoms with Crippen LogP contribution in [-0.4, -0.2) is 35.4 Å². The summed E-state index contributed by atoms with van der Waals surface area (Å²) >= 11 is 2.83. The van der Waals surface area contributed by atoms with Crippen LogP contribution in [0.3, 0.4) is 0 Å². The summed E-state index contributed by atoms with van der Waals surface area (Å²) in [6, 6.07) is 16.0. The summed E-state index contributed by atoms with van der Waals surface area (Å²) in [6.45, 7) is 3.64. The van der Waals surface area contributed by atoms with E-state index >= 15 is 0 Å². The first-order chi connectivity index (χ1) is 15.8. The fraction of sp³-hybridized carbons (Fsp3) is 0.182. The van der Waals surface area contributed by atoms with E-state index in [0.717, 1.165) is 10.1 Å². The number of nitrogens with zero attached hydrogens (tertiary/aromatic N) is 3. The molecule has 0 spiro atoms. The van der Waals surface area contributed by atoms with Crippen LogP contribution in [0, 0.1) is 6.92 Å². The molecule has 0 aliphatic rings. The Morgan fingerprint density at radius 3 is 2.64 bits per heavy atom. The average molecular weight is 501 g/mol. The molecule has 0 unspecified atom stereocenters. The Morgan fingerprint density at radius 1 is 1.12 bits per heavy atom. The van der Waals surface area contributed by atoms with Crippen LogP contribution in [0.15, 0.2) is 68.4 Å². The summed E-state index contributed by atoms with van der Waals surface area (Å²) in [5.41, 5.74) is 3.09. The van der Waals surface area contributed by atoms with Crippen molar-refractivity contribution < 1.29 is 17.7 Å². The molecule has 0 aliphatic carbocycles. The van der Waals surface area contributed by atoms with Gasteiger partial charge in [0.1, 0.15) is 0 Å². The van der Waals surface area contributed by atoms with E-state index in [1.165, 1.54) is 40.7 Å². The maximum Gasteiger partial charge on any atom is 0.279 e. The molecule has 4 rings (SSSR count). The van der Waals surface area contributed by atoms with Crippen molar-refractivity contribution in [3.63, 3.8) is 0 Å². The highest BCUT2D eigenvalue weighted by molar-refractivity contribution is 8.00. The van der Waals surface area contributed by atoms with Crippen LogP contribution in [0.1, 0.15) is 28.5 Å². The maximum absolute atomic E-state index is 12.5. The highest BCUT2D eigenvalue weighted by Gasteiger charge is 2.17. The van der Waals surface area contributed by atoms with Crippen molar-refractivity contribution in [2.75, 3.05) is 11.1 Å². The number of rotatable bonds is 8. The van der Waals surface area contributed by atoms with Gasteiger partial charge in [-0.3, -0.25) is 10.1 Å². The molecule has 0 atom stereocenters. The number of aryl methyl sites for hydroxylation is 1. The lowest BCUT2D eigenvalue weighted by Gasteiger charge is -2.01. The summed E-state index contributed by atoms with van der Waals surface area (Å²) in [5.74, 6) is 0.667. The molecular formula is C22H20N4O4S3. The van der Waals surface area contributed by atoms with Gasteiger partial charge in [0.05, 0.1) is 10.6 Å². The molecule has 0 aliphatic heterocycles. The molecule has 1 amide bonds. The third-order valence-electron chi connectivity index (χ3n) is 4.69. The number of anilines is 1. The quantitative estimate of drug-likeness (QED) is 0.270. The molecule has 11 heteroatoms. The van der Waals surface area contributed by atoms with Gasteiger partial charge >= 0.3 is 0 Å². The molecule has 2 heterocycles. The van der Waals surface area contributed by atoms with Gasteiger partial charge in [0, 0.05) is 17.4 Å². The molecular weight excluding hydrogens is 480 g/mol. The van der Waals surface area contributed by atoms with Gasteiger partial charge in [0.15, 0.2) is 25.6 Å². The first-order valence-electron chi connectivity index (χ1n) is 9.97. The SMILES string of the molecule is CCS(=O)(=O)c1ccc(-c2cc(C(=O)Nc3nnc(SCc4cccc(C)c4)s3)no2)cc1. The molecule has 2 aromatic carbocycles. The predicted octanol–water partition coefficient (Wildman–Crippen LogP) is 4.84. The Labute approximate surface area is 199 Å². The topological polar surface area (TPSA) is 115 Å². The molecule has 0 bridgehead atoms. The number of benzene rings is 2. The molecule has 2 aromatic heterocycles. The highest BCUT2D eigenvalue weighted by atomic mass is 32.2. The Morgan fingerprint density at radius 2 is 1.91 bits per heavy atom. The number of nitrogens with one attached hydrogen (secondary N) is 1. The number of hydrogen-bond donors (Lipinski definition) is 1. The zero-order chi connectivity index (χ0) is 23.4. The smallest absolute Gasteiger partial charge is 0.279 e. The Kier molecular flexibility index (Phi) is 6.91. The summed E-state index contributed by atoms with van der Waals surface area (Å²) in [5, 5.41) is 15.0. The lowest BCUT2D eigenvalue weighted by Crippen LogP contribution is -2.11. The molecule has 33 heavy (non-hydrogen) atoms. The normalized spacial score (nSPS) is 11.5. The zero-order valence-corrected chi connectivity index (χ0v) is 20.3. The van der Waals surface area contributed by atoms with Gasteiger partial charge in [-0.1, -0.05) is 65.0 Å². The molecule has 0 saturated heterocycles. The van der Waals surface area contributed by atoms with Gasteiger partial charge in [-0.05, 0) is 36.8 Å². The molecule has 8 nitrogen and oxygen atoms in total. The van der Waals surface area contributed by atoms with Crippen molar-refractivity contribution in [2.24, 2.45) is 0 Å². The van der Waals surface area contributed by atoms with Crippen LogP contribution in [0.4, 0.5) is 5.13 Å². The van der Waals surface area contributed by atoms with E-state index in [4.69, 9.17) is 4.52 Å². The van der Waals surface area contributed by atoms with E-state index in [1.807, 2.05) is 19.1 Å². The summed E-state index contributed by atoms with van der Waals surface area (Å²) < 4.78 is 29.9. The van der Waals surface area contributed by atoms with Crippen LogP contribution in [-0.2, 0) is 15.6 Å². The van der Waals surface area contributed by atoms with Crippen molar-refractivity contribution in [1.29, 1.82) is 0 Å². The number of thioether (sulfide) groups is 1. The van der Waals surface area contributed by atoms with Gasteiger partial charge in [-0.25, -0.2) is 8.42 Å². The lowest BCUT2D eigenvalue weighted by atomic mass is 10.1. The van der Waals surface area contributed by atoms with E-state index in [9.17, 15) is 13.2 Å². The first kappa shape index (κ1) is 23.1. The fourth-order valence-corrected chi connectivity index (χ4v) is 5.51. The number of carbonyl (C=O) groups is 1. The molecule has 4 aromatic rings. The third-order valence-corrected chi connectivity index (χ3v) is 8.49. The maximum atomic E-state index is 12.5. The largest absolute Gasteiger partial charge is 0.355 e. The predicted molar refractivity (Wildman–Crippen MR) is 128 cm³/mol. The van der Waals surface area contributed by atoms with Crippen LogP contribution in [0.2, 0.25) is 0 Å². The van der Waals surface area contributed by atoms with Crippen LogP contribution >= 0.6 is 23.1 Å². The molecule has 0 radical (unpaired) electrons. The molecule has 170 valence electrons. The summed E-state index contributed by atoms with van der Waals surface area (Å²) in [7, 11) is -3.28. The van der Waals surface area contributed by atoms with Crippen LogP contribution in [0.5, 0.6) is 0 Å². The Hall–Kier alpha value is -3.02. The average Bonchev–Trinajstić information content (AvgIpc) is 3.48. The molecule has 1 N–H and O–H groups in total. The van der Waals surface area contributed by atoms with E-state index in [1.54, 1.807) is 30.8 Å². The zero-order valence-electron chi connectivity index (χ0n) is 17.8. The Bertz CT molecular complexity index is 1380. The van der Waals surface area contributed by atoms with Crippen molar-refractivity contribution >= 4 is 44.0 Å². The van der Waals surface area contributed by atoms with E-state index in [-0.39, 0.29) is 16.3 Å². The van der Waals surface area contributed by atoms with E-state index in [0.29, 0.717) is 16.5 Å². The van der Waals surface area contributed by atoms with Gasteiger partial charge in [0.25, 0.3) is 5.91 Å². The third kappa shape index (κ3) is 5.67. The van der Waals surface area contributed by atoms with Crippen molar-refractivity contribution in [3.05, 3.63) is 71.4 Å². The summed E-state index contributed by atoms with van der Waals surface area (Å²) in [6.07, 6.45) is 0. The second-order valence-electron chi connectivity index (χ2n) is 7.11. The second kappa shape index (κ2) is 9.86. The number of aromatic nitrogens is 3. The second-order valence-corrected chi connectivity index (χ2v) is 11.6. The van der Waals surface area contributed by atoms with E-state index < -0.39 is 15.7 Å². The van der Waals surface area contributed by atoms with Gasteiger partial charge in [-0.15, -0.1) is 10.2 Å². The van der Waals surface area contributed by atoms with Crippen LogP contribution in [0.25, 0.3) is 11.3 Å². The van der Waals surface area contributed by atoms with Gasteiger partial charge < -0.3 is 4.52 Å². The van der Waals surface area contributed by atoms with Crippen molar-refractivity contribution in [3.8, 4) is 11.3 Å². The molecule has 0 saturated carbocycles. The lowest BCUT2D eigenvalue weighted by molar-refractivity contribution is 0.101. The first-order valence-corrected chi connectivity index (χ1v) is 13.4. The van der Waals surface area contributed by atoms with E-state index in [2.05, 4.69) is 32.8 Å². The minimum atomic E-state index is -3.28. The van der Waals surface area contributed by atoms with Crippen LogP contribution < -0.4 is 5.32 Å². The van der Waals surface area contributed by atoms with Gasteiger partial charge in [0.2, 0.25) is 5.13 Å². The minimum Gasteiger partial charge on any atom is -0.355 e. The number of sulfone groups is 1. The summed E-state index contributed by atoms with van der Waals surface area (Å²) in [4.78, 5) is 12.8. The highest BCUT2D eigenvalue weighted by Crippen LogP contribution is 2.29. The van der Waals surface area contributed by atoms with Crippen molar-refractivity contribution in [2.45, 2.75) is 28.8 Å².